The minimum absolute atomic E-state index is 0.0205. The summed E-state index contributed by atoms with van der Waals surface area (Å²) in [7, 11) is 2.66. The van der Waals surface area contributed by atoms with E-state index in [1.807, 2.05) is 47.9 Å². The fraction of sp³-hybridized carbons (Fsp3) is 0.522. The quantitative estimate of drug-likeness (QED) is 0.138. The number of amides is 3. The lowest BCUT2D eigenvalue weighted by molar-refractivity contribution is -0.149. The Labute approximate surface area is 365 Å². The summed E-state index contributed by atoms with van der Waals surface area (Å²) in [5, 5.41) is 3.70. The Morgan fingerprint density at radius 2 is 1.41 bits per heavy atom. The van der Waals surface area contributed by atoms with Crippen LogP contribution in [0.4, 0.5) is 4.79 Å². The zero-order valence-corrected chi connectivity index (χ0v) is 36.4. The van der Waals surface area contributed by atoms with Crippen molar-refractivity contribution in [3.05, 3.63) is 70.2 Å². The summed E-state index contributed by atoms with van der Waals surface area (Å²) in [5.74, 6) is 0.480. The molecule has 322 valence electrons. The molecule has 3 amide bonds. The summed E-state index contributed by atoms with van der Waals surface area (Å²) in [6, 6.07) is 15.5. The molecule has 3 aromatic rings. The number of rotatable bonds is 12. The number of piperidine rings is 2. The molecule has 0 spiro atoms. The third-order valence-corrected chi connectivity index (χ3v) is 14.5. The Morgan fingerprint density at radius 3 is 2.02 bits per heavy atom. The van der Waals surface area contributed by atoms with Gasteiger partial charge in [-0.2, -0.15) is 0 Å². The Morgan fingerprint density at radius 1 is 0.820 bits per heavy atom. The average Bonchev–Trinajstić information content (AvgIpc) is 3.98. The number of nitrogens with one attached hydrogen (secondary N) is 2. The largest absolute Gasteiger partial charge is 0.469 e. The van der Waals surface area contributed by atoms with Crippen molar-refractivity contribution in [3.8, 4) is 22.4 Å². The molecule has 61 heavy (non-hydrogen) atoms. The van der Waals surface area contributed by atoms with Crippen molar-refractivity contribution in [2.24, 2.45) is 34.6 Å². The van der Waals surface area contributed by atoms with Crippen molar-refractivity contribution in [2.75, 3.05) is 27.4 Å². The molecule has 6 aliphatic rings. The van der Waals surface area contributed by atoms with E-state index in [9.17, 15) is 19.2 Å². The van der Waals surface area contributed by atoms with Crippen LogP contribution in [0.5, 0.6) is 0 Å². The lowest BCUT2D eigenvalue weighted by Crippen LogP contribution is -2.56. The number of carbonyl (C=O) groups excluding carboxylic acids is 4. The second kappa shape index (κ2) is 16.9. The van der Waals surface area contributed by atoms with Crippen LogP contribution >= 0.6 is 23.2 Å². The van der Waals surface area contributed by atoms with Crippen LogP contribution in [0.3, 0.4) is 0 Å². The minimum Gasteiger partial charge on any atom is -0.469 e. The molecule has 0 radical (unpaired) electrons. The van der Waals surface area contributed by atoms with Gasteiger partial charge in [-0.15, -0.1) is 0 Å². The van der Waals surface area contributed by atoms with E-state index in [1.54, 1.807) is 0 Å². The summed E-state index contributed by atoms with van der Waals surface area (Å²) >= 11 is 13.6. The van der Waals surface area contributed by atoms with Crippen molar-refractivity contribution < 1.29 is 33.4 Å². The number of H-pyrrole nitrogens is 1. The first-order chi connectivity index (χ1) is 29.4. The van der Waals surface area contributed by atoms with Crippen molar-refractivity contribution in [2.45, 2.75) is 95.4 Å². The Kier molecular flexibility index (Phi) is 11.5. The third-order valence-electron chi connectivity index (χ3n) is 13.9. The molecule has 5 heterocycles. The molecule has 13 nitrogen and oxygen atoms in total. The number of likely N-dealkylation sites (tertiary alicyclic amines) is 2. The molecule has 2 aliphatic carbocycles. The second-order valence-electron chi connectivity index (χ2n) is 17.8. The molecule has 4 aliphatic heterocycles. The predicted molar refractivity (Wildman–Crippen MR) is 230 cm³/mol. The van der Waals surface area contributed by atoms with E-state index in [1.165, 1.54) is 14.2 Å². The van der Waals surface area contributed by atoms with Gasteiger partial charge in [0.1, 0.15) is 27.9 Å². The fourth-order valence-corrected chi connectivity index (χ4v) is 10.8. The SMILES string of the molecule is COC(=O)C[C@H](C(=O)N1[C@@H]2C[C@@H]2C[C@H]1c1nc(-c2ccc(-c3ccc(C4=C(Cl)N=C([C@@H]5C[C@H]6C[C@H]6N5C(=O)[C@@H](NC(=O)OC)C5CCOCC5)C4)cc3)cc2)c(Cl)[nH]1)C(C)C. The van der Waals surface area contributed by atoms with E-state index in [0.29, 0.717) is 66.1 Å². The molecule has 15 heteroatoms. The van der Waals surface area contributed by atoms with Crippen molar-refractivity contribution in [1.82, 2.24) is 25.1 Å². The van der Waals surface area contributed by atoms with Crippen LogP contribution in [-0.4, -0.2) is 101 Å². The number of aliphatic imine (C=N–C) groups is 1. The lowest BCUT2D eigenvalue weighted by Gasteiger charge is -2.36. The van der Waals surface area contributed by atoms with Gasteiger partial charge in [-0.25, -0.2) is 14.8 Å². The summed E-state index contributed by atoms with van der Waals surface area (Å²) in [6.07, 6.45) is 4.93. The normalized spacial score (nSPS) is 26.4. The summed E-state index contributed by atoms with van der Waals surface area (Å²) in [6.45, 7) is 5.04. The number of aromatic amines is 1. The highest BCUT2D eigenvalue weighted by atomic mass is 35.5. The molecule has 2 saturated carbocycles. The second-order valence-corrected chi connectivity index (χ2v) is 18.5. The van der Waals surface area contributed by atoms with Crippen LogP contribution in [0.2, 0.25) is 5.15 Å². The van der Waals surface area contributed by atoms with E-state index in [2.05, 4.69) is 34.6 Å². The molecule has 0 bridgehead atoms. The van der Waals surface area contributed by atoms with E-state index in [4.69, 9.17) is 47.4 Å². The predicted octanol–water partition coefficient (Wildman–Crippen LogP) is 7.79. The zero-order chi connectivity index (χ0) is 42.7. The number of aromatic nitrogens is 2. The smallest absolute Gasteiger partial charge is 0.407 e. The highest BCUT2D eigenvalue weighted by Gasteiger charge is 2.58. The molecule has 5 fully saturated rings. The fourth-order valence-electron chi connectivity index (χ4n) is 10.2. The lowest BCUT2D eigenvalue weighted by atomic mass is 9.90. The monoisotopic (exact) mass is 870 g/mol. The molecule has 9 rings (SSSR count). The van der Waals surface area contributed by atoms with Gasteiger partial charge in [0.15, 0.2) is 0 Å². The molecular formula is C46H52Cl2N6O7. The van der Waals surface area contributed by atoms with Crippen LogP contribution in [0.25, 0.3) is 28.0 Å². The maximum absolute atomic E-state index is 14.3. The number of imidazole rings is 1. The molecule has 0 unspecified atom stereocenters. The molecule has 3 saturated heterocycles. The van der Waals surface area contributed by atoms with Gasteiger partial charge in [0.2, 0.25) is 11.8 Å². The summed E-state index contributed by atoms with van der Waals surface area (Å²) < 4.78 is 15.4. The summed E-state index contributed by atoms with van der Waals surface area (Å²) in [4.78, 5) is 69.8. The van der Waals surface area contributed by atoms with Crippen LogP contribution < -0.4 is 5.32 Å². The van der Waals surface area contributed by atoms with E-state index < -0.39 is 18.1 Å². The number of fused-ring (bicyclic) bond motifs is 2. The van der Waals surface area contributed by atoms with Gasteiger partial charge in [0, 0.05) is 48.6 Å². The molecule has 2 N–H and O–H groups in total. The van der Waals surface area contributed by atoms with Gasteiger partial charge in [0.05, 0.1) is 38.6 Å². The van der Waals surface area contributed by atoms with E-state index in [0.717, 1.165) is 59.2 Å². The average molecular weight is 872 g/mol. The first-order valence-corrected chi connectivity index (χ1v) is 22.3. The maximum atomic E-state index is 14.3. The first-order valence-electron chi connectivity index (χ1n) is 21.5. The van der Waals surface area contributed by atoms with Crippen LogP contribution in [0.15, 0.2) is 58.7 Å². The van der Waals surface area contributed by atoms with Crippen LogP contribution in [0.1, 0.15) is 82.6 Å². The highest BCUT2D eigenvalue weighted by Crippen LogP contribution is 2.54. The van der Waals surface area contributed by atoms with E-state index in [-0.39, 0.29) is 60.2 Å². The number of carbonyl (C=O) groups is 4. The van der Waals surface area contributed by atoms with Crippen LogP contribution in [-0.2, 0) is 28.6 Å². The number of halogens is 2. The number of ether oxygens (including phenoxy) is 3. The Bertz CT molecular complexity index is 2270. The number of allylic oxidation sites excluding steroid dienone is 1. The third kappa shape index (κ3) is 8.09. The number of benzene rings is 2. The topological polar surface area (TPSA) is 156 Å². The van der Waals surface area contributed by atoms with Gasteiger partial charge in [-0.3, -0.25) is 14.4 Å². The number of hydrogen-bond acceptors (Lipinski definition) is 9. The standard InChI is InChI=1S/C46H52Cl2N6O7/c1-23(2)31(22-38(55)59-3)44(56)54-35-18-30(35)20-37(54)43-50-39(42(48)52-43)27-11-7-25(8-12-27)24-5-9-26(10-6-24)32-21-33(49-41(32)47)36-19-29-17-34(29)53(36)45(57)40(51-46(58)60-4)28-13-15-61-16-14-28/h5-12,23,28-31,34-37,40H,13-22H2,1-4H3,(H,50,52)(H,51,58)/t29-,30-,31+,34-,35-,36+,37+,40+/m1/s1. The van der Waals surface area contributed by atoms with Crippen molar-refractivity contribution >= 4 is 58.4 Å². The molecule has 8 atom stereocenters. The number of alkyl carbamates (subject to hydrolysis) is 1. The Hall–Kier alpha value is -4.72. The van der Waals surface area contributed by atoms with Crippen LogP contribution in [0, 0.1) is 29.6 Å². The van der Waals surface area contributed by atoms with Gasteiger partial charge >= 0.3 is 12.1 Å². The van der Waals surface area contributed by atoms with Crippen molar-refractivity contribution in [3.63, 3.8) is 0 Å². The number of hydrogen-bond donors (Lipinski definition) is 2. The molecule has 1 aromatic heterocycles. The van der Waals surface area contributed by atoms with Gasteiger partial charge < -0.3 is 34.3 Å². The molecular weight excluding hydrogens is 819 g/mol. The Balaban J connectivity index is 0.863. The molecule has 2 aromatic carbocycles. The van der Waals surface area contributed by atoms with E-state index >= 15 is 0 Å². The van der Waals surface area contributed by atoms with Gasteiger partial charge in [-0.1, -0.05) is 85.6 Å². The van der Waals surface area contributed by atoms with Gasteiger partial charge in [0.25, 0.3) is 0 Å². The number of methoxy groups -OCH3 is 2. The maximum Gasteiger partial charge on any atom is 0.407 e. The van der Waals surface area contributed by atoms with Crippen molar-refractivity contribution in [1.29, 1.82) is 0 Å². The minimum atomic E-state index is -0.687. The van der Waals surface area contributed by atoms with Gasteiger partial charge in [-0.05, 0) is 78.9 Å². The number of esters is 1. The zero-order valence-electron chi connectivity index (χ0n) is 34.9. The number of nitrogens with zero attached hydrogens (tertiary/aromatic N) is 4. The highest BCUT2D eigenvalue weighted by molar-refractivity contribution is 6.35. The first kappa shape index (κ1) is 41.6. The summed E-state index contributed by atoms with van der Waals surface area (Å²) in [5.41, 5.74) is 6.29.